The van der Waals surface area contributed by atoms with Crippen LogP contribution in [0.2, 0.25) is 0 Å². The molecule has 0 aliphatic carbocycles. The van der Waals surface area contributed by atoms with E-state index in [1.54, 1.807) is 12.1 Å². The Hall–Kier alpha value is -1.32. The number of hydrogen-bond donors (Lipinski definition) is 2. The van der Waals surface area contributed by atoms with Gasteiger partial charge in [0.05, 0.1) is 0 Å². The van der Waals surface area contributed by atoms with Crippen molar-refractivity contribution in [2.75, 3.05) is 11.9 Å². The maximum Gasteiger partial charge on any atom is 0.254 e. The molecule has 0 saturated carbocycles. The molecule has 1 aliphatic rings. The zero-order valence-electron chi connectivity index (χ0n) is 7.56. The van der Waals surface area contributed by atoms with Crippen LogP contribution in [0.4, 0.5) is 14.5 Å². The summed E-state index contributed by atoms with van der Waals surface area (Å²) < 4.78 is 26.3. The van der Waals surface area contributed by atoms with Gasteiger partial charge >= 0.3 is 0 Å². The lowest BCUT2D eigenvalue weighted by Crippen LogP contribution is -2.19. The molecule has 0 spiro atoms. The summed E-state index contributed by atoms with van der Waals surface area (Å²) in [7, 11) is 0. The zero-order valence-corrected chi connectivity index (χ0v) is 7.56. The van der Waals surface area contributed by atoms with Crippen LogP contribution < -0.4 is 5.32 Å². The number of benzene rings is 1. The molecule has 1 heterocycles. The Bertz CT molecular complexity index is 352. The number of anilines is 1. The Kier molecular flexibility index (Phi) is 2.06. The van der Waals surface area contributed by atoms with E-state index in [0.29, 0.717) is 11.3 Å². The van der Waals surface area contributed by atoms with Gasteiger partial charge in [-0.1, -0.05) is 6.07 Å². The van der Waals surface area contributed by atoms with Crippen molar-refractivity contribution in [1.82, 2.24) is 0 Å². The first-order chi connectivity index (χ1) is 6.58. The molecule has 0 bridgehead atoms. The summed E-state index contributed by atoms with van der Waals surface area (Å²) in [6.07, 6.45) is -0.580. The molecule has 0 saturated heterocycles. The standard InChI is InChI=1S/C10H11F2NO/c11-10(12)4-5-13-8-2-1-3-9(14)7(8)6-10/h1-3,13-14H,4-6H2. The Morgan fingerprint density at radius 3 is 2.93 bits per heavy atom. The largest absolute Gasteiger partial charge is 0.508 e. The van der Waals surface area contributed by atoms with E-state index >= 15 is 0 Å². The maximum atomic E-state index is 13.2. The number of rotatable bonds is 0. The molecule has 0 atom stereocenters. The van der Waals surface area contributed by atoms with Crippen LogP contribution in [0.5, 0.6) is 5.75 Å². The van der Waals surface area contributed by atoms with Crippen molar-refractivity contribution < 1.29 is 13.9 Å². The van der Waals surface area contributed by atoms with Crippen LogP contribution in [0, 0.1) is 0 Å². The fourth-order valence-corrected chi connectivity index (χ4v) is 1.65. The van der Waals surface area contributed by atoms with Gasteiger partial charge in [-0.15, -0.1) is 0 Å². The van der Waals surface area contributed by atoms with Gasteiger partial charge in [0, 0.05) is 30.6 Å². The molecule has 76 valence electrons. The van der Waals surface area contributed by atoms with Gasteiger partial charge in [-0.05, 0) is 12.1 Å². The topological polar surface area (TPSA) is 32.3 Å². The monoisotopic (exact) mass is 199 g/mol. The average Bonchev–Trinajstić information content (AvgIpc) is 2.24. The van der Waals surface area contributed by atoms with Crippen molar-refractivity contribution in [3.05, 3.63) is 23.8 Å². The Balaban J connectivity index is 2.43. The summed E-state index contributed by atoms with van der Waals surface area (Å²) in [6.45, 7) is 0.240. The second kappa shape index (κ2) is 3.12. The third-order valence-electron chi connectivity index (χ3n) is 2.39. The predicted octanol–water partition coefficient (Wildman–Crippen LogP) is 2.39. The molecule has 0 unspecified atom stereocenters. The summed E-state index contributed by atoms with van der Waals surface area (Å²) in [5.41, 5.74) is 0.928. The lowest BCUT2D eigenvalue weighted by atomic mass is 10.0. The van der Waals surface area contributed by atoms with Gasteiger partial charge in [0.15, 0.2) is 0 Å². The Morgan fingerprint density at radius 1 is 1.36 bits per heavy atom. The maximum absolute atomic E-state index is 13.2. The number of halogens is 2. The normalized spacial score (nSPS) is 19.3. The van der Waals surface area contributed by atoms with Crippen molar-refractivity contribution in [2.45, 2.75) is 18.8 Å². The molecule has 14 heavy (non-hydrogen) atoms. The van der Waals surface area contributed by atoms with Gasteiger partial charge in [0.1, 0.15) is 5.75 Å². The third kappa shape index (κ3) is 1.64. The van der Waals surface area contributed by atoms with Crippen LogP contribution in [0.25, 0.3) is 0 Å². The molecule has 0 amide bonds. The van der Waals surface area contributed by atoms with Crippen LogP contribution in [-0.2, 0) is 6.42 Å². The first-order valence-electron chi connectivity index (χ1n) is 4.51. The fourth-order valence-electron chi connectivity index (χ4n) is 1.65. The molecule has 1 aromatic carbocycles. The van der Waals surface area contributed by atoms with E-state index in [1.165, 1.54) is 6.07 Å². The summed E-state index contributed by atoms with van der Waals surface area (Å²) in [5, 5.41) is 12.3. The van der Waals surface area contributed by atoms with E-state index in [-0.39, 0.29) is 25.1 Å². The van der Waals surface area contributed by atoms with Crippen molar-refractivity contribution in [3.8, 4) is 5.75 Å². The SMILES string of the molecule is Oc1cccc2c1CC(F)(F)CCN2. The number of aromatic hydroxyl groups is 1. The second-order valence-corrected chi connectivity index (χ2v) is 3.51. The van der Waals surface area contributed by atoms with E-state index in [0.717, 1.165) is 0 Å². The highest BCUT2D eigenvalue weighted by Crippen LogP contribution is 2.35. The van der Waals surface area contributed by atoms with Crippen LogP contribution in [0.1, 0.15) is 12.0 Å². The summed E-state index contributed by atoms with van der Waals surface area (Å²) in [4.78, 5) is 0. The van der Waals surface area contributed by atoms with Crippen LogP contribution >= 0.6 is 0 Å². The first-order valence-corrected chi connectivity index (χ1v) is 4.51. The highest BCUT2D eigenvalue weighted by Gasteiger charge is 2.33. The van der Waals surface area contributed by atoms with Gasteiger partial charge in [0.25, 0.3) is 5.92 Å². The molecule has 2 rings (SSSR count). The van der Waals surface area contributed by atoms with Crippen molar-refractivity contribution in [3.63, 3.8) is 0 Å². The fraction of sp³-hybridized carbons (Fsp3) is 0.400. The van der Waals surface area contributed by atoms with Crippen LogP contribution in [-0.4, -0.2) is 17.6 Å². The van der Waals surface area contributed by atoms with Gasteiger partial charge in [-0.3, -0.25) is 0 Å². The van der Waals surface area contributed by atoms with Gasteiger partial charge in [-0.2, -0.15) is 0 Å². The minimum atomic E-state index is -2.73. The number of phenols is 1. The summed E-state index contributed by atoms with van der Waals surface area (Å²) >= 11 is 0. The van der Waals surface area contributed by atoms with Crippen molar-refractivity contribution >= 4 is 5.69 Å². The molecule has 2 nitrogen and oxygen atoms in total. The molecule has 4 heteroatoms. The molecule has 0 aromatic heterocycles. The molecular weight excluding hydrogens is 188 g/mol. The van der Waals surface area contributed by atoms with E-state index in [9.17, 15) is 13.9 Å². The molecule has 1 aliphatic heterocycles. The summed E-state index contributed by atoms with van der Waals surface area (Å²) in [5.74, 6) is -2.78. The van der Waals surface area contributed by atoms with Gasteiger partial charge in [-0.25, -0.2) is 8.78 Å². The number of phenolic OH excluding ortho intramolecular Hbond substituents is 1. The van der Waals surface area contributed by atoms with Crippen LogP contribution in [0.3, 0.4) is 0 Å². The van der Waals surface area contributed by atoms with Gasteiger partial charge in [0.2, 0.25) is 0 Å². The average molecular weight is 199 g/mol. The van der Waals surface area contributed by atoms with Gasteiger partial charge < -0.3 is 10.4 Å². The quantitative estimate of drug-likeness (QED) is 0.672. The molecule has 0 radical (unpaired) electrons. The number of hydrogen-bond acceptors (Lipinski definition) is 2. The van der Waals surface area contributed by atoms with Crippen molar-refractivity contribution in [2.24, 2.45) is 0 Å². The lowest BCUT2D eigenvalue weighted by Gasteiger charge is -2.13. The van der Waals surface area contributed by atoms with E-state index < -0.39 is 5.92 Å². The number of alkyl halides is 2. The van der Waals surface area contributed by atoms with Crippen LogP contribution in [0.15, 0.2) is 18.2 Å². The smallest absolute Gasteiger partial charge is 0.254 e. The summed E-state index contributed by atoms with van der Waals surface area (Å²) in [6, 6.07) is 4.78. The minimum absolute atomic E-state index is 0.0587. The predicted molar refractivity (Wildman–Crippen MR) is 49.9 cm³/mol. The molecule has 1 aromatic rings. The second-order valence-electron chi connectivity index (χ2n) is 3.51. The zero-order chi connectivity index (χ0) is 10.2. The first kappa shape index (κ1) is 9.24. The Morgan fingerprint density at radius 2 is 2.14 bits per heavy atom. The highest BCUT2D eigenvalue weighted by molar-refractivity contribution is 5.58. The van der Waals surface area contributed by atoms with E-state index in [1.807, 2.05) is 0 Å². The number of fused-ring (bicyclic) bond motifs is 1. The molecule has 2 N–H and O–H groups in total. The Labute approximate surface area is 80.6 Å². The molecular formula is C10H11F2NO. The van der Waals surface area contributed by atoms with E-state index in [4.69, 9.17) is 0 Å². The molecule has 0 fully saturated rings. The number of nitrogens with one attached hydrogen (secondary N) is 1. The lowest BCUT2D eigenvalue weighted by molar-refractivity contribution is -0.00241. The minimum Gasteiger partial charge on any atom is -0.508 e. The van der Waals surface area contributed by atoms with E-state index in [2.05, 4.69) is 5.32 Å². The highest BCUT2D eigenvalue weighted by atomic mass is 19.3. The third-order valence-corrected chi connectivity index (χ3v) is 2.39. The van der Waals surface area contributed by atoms with Crippen molar-refractivity contribution in [1.29, 1.82) is 0 Å².